The number of nitrogens with one attached hydrogen (secondary N) is 1. The van der Waals surface area contributed by atoms with Crippen LogP contribution in [0.2, 0.25) is 0 Å². The highest BCUT2D eigenvalue weighted by Gasteiger charge is 2.35. The zero-order valence-electron chi connectivity index (χ0n) is 16.6. The normalized spacial score (nSPS) is 17.2. The van der Waals surface area contributed by atoms with Gasteiger partial charge in [-0.25, -0.2) is 0 Å². The molecule has 2 amide bonds. The molecule has 1 aromatic heterocycles. The Morgan fingerprint density at radius 2 is 1.86 bits per heavy atom. The number of ether oxygens (including phenoxy) is 1. The van der Waals surface area contributed by atoms with Gasteiger partial charge in [-0.3, -0.25) is 14.3 Å². The maximum atomic E-state index is 12.3. The van der Waals surface area contributed by atoms with Gasteiger partial charge in [-0.05, 0) is 49.6 Å². The third-order valence-electron chi connectivity index (χ3n) is 5.51. The molecule has 7 heteroatoms. The molecule has 154 valence electrons. The van der Waals surface area contributed by atoms with Crippen LogP contribution in [0.1, 0.15) is 42.5 Å². The summed E-state index contributed by atoms with van der Waals surface area (Å²) in [5.74, 6) is 1.30. The van der Waals surface area contributed by atoms with E-state index in [0.29, 0.717) is 18.0 Å². The van der Waals surface area contributed by atoms with Gasteiger partial charge in [-0.2, -0.15) is 5.10 Å². The Morgan fingerprint density at radius 1 is 1.10 bits per heavy atom. The summed E-state index contributed by atoms with van der Waals surface area (Å²) in [4.78, 5) is 26.4. The SMILES string of the molecule is O=C(NCCCn1cccn1)c1ccc(OC2CCN(C(=O)C3CC3)CC2)cc1. The standard InChI is InChI=1S/C22H28N4O3/c27-21(23-11-1-13-26-14-2-12-24-26)17-5-7-19(8-6-17)29-20-9-15-25(16-10-20)22(28)18-3-4-18/h2,5-8,12,14,18,20H,1,3-4,9-11,13,15-16H2,(H,23,27). The molecule has 2 fully saturated rings. The zero-order valence-corrected chi connectivity index (χ0v) is 16.6. The number of aromatic nitrogens is 2. The molecular formula is C22H28N4O3. The molecule has 0 spiro atoms. The number of piperidine rings is 1. The van der Waals surface area contributed by atoms with Gasteiger partial charge in [-0.1, -0.05) is 0 Å². The molecule has 29 heavy (non-hydrogen) atoms. The molecule has 1 saturated carbocycles. The van der Waals surface area contributed by atoms with Crippen LogP contribution in [0.25, 0.3) is 0 Å². The second-order valence-electron chi connectivity index (χ2n) is 7.82. The van der Waals surface area contributed by atoms with Crippen LogP contribution in [0.4, 0.5) is 0 Å². The first-order valence-electron chi connectivity index (χ1n) is 10.5. The van der Waals surface area contributed by atoms with Crippen molar-refractivity contribution in [3.8, 4) is 5.75 Å². The quantitative estimate of drug-likeness (QED) is 0.696. The minimum Gasteiger partial charge on any atom is -0.490 e. The number of rotatable bonds is 8. The van der Waals surface area contributed by atoms with Crippen LogP contribution in [0, 0.1) is 5.92 Å². The molecule has 0 atom stereocenters. The van der Waals surface area contributed by atoms with Crippen molar-refractivity contribution in [1.82, 2.24) is 20.0 Å². The molecule has 1 saturated heterocycles. The van der Waals surface area contributed by atoms with Gasteiger partial charge in [0.05, 0.1) is 0 Å². The lowest BCUT2D eigenvalue weighted by Gasteiger charge is -2.32. The number of amides is 2. The molecule has 2 aromatic rings. The lowest BCUT2D eigenvalue weighted by atomic mass is 10.1. The van der Waals surface area contributed by atoms with Crippen LogP contribution in [0.3, 0.4) is 0 Å². The fourth-order valence-electron chi connectivity index (χ4n) is 3.64. The topological polar surface area (TPSA) is 76.5 Å². The van der Waals surface area contributed by atoms with E-state index in [-0.39, 0.29) is 17.9 Å². The molecule has 0 unspecified atom stereocenters. The Bertz CT molecular complexity index is 807. The highest BCUT2D eigenvalue weighted by Crippen LogP contribution is 2.32. The minimum atomic E-state index is -0.0797. The highest BCUT2D eigenvalue weighted by atomic mass is 16.5. The zero-order chi connectivity index (χ0) is 20.1. The lowest BCUT2D eigenvalue weighted by Crippen LogP contribution is -2.42. The second kappa shape index (κ2) is 9.11. The number of aryl methyl sites for hydroxylation is 1. The Hall–Kier alpha value is -2.83. The van der Waals surface area contributed by atoms with Crippen LogP contribution < -0.4 is 10.1 Å². The first-order valence-corrected chi connectivity index (χ1v) is 10.5. The van der Waals surface area contributed by atoms with Gasteiger partial charge in [0.25, 0.3) is 5.91 Å². The van der Waals surface area contributed by atoms with Crippen molar-refractivity contribution in [2.45, 2.75) is 44.8 Å². The Labute approximate surface area is 171 Å². The summed E-state index contributed by atoms with van der Waals surface area (Å²) < 4.78 is 7.91. The molecule has 1 aromatic carbocycles. The number of carbonyl (C=O) groups is 2. The average Bonchev–Trinajstić information content (AvgIpc) is 3.47. The molecule has 1 aliphatic heterocycles. The predicted octanol–water partition coefficient (Wildman–Crippen LogP) is 2.48. The maximum Gasteiger partial charge on any atom is 0.251 e. The van der Waals surface area contributed by atoms with E-state index in [1.807, 2.05) is 34.0 Å². The molecular weight excluding hydrogens is 368 g/mol. The van der Waals surface area contributed by atoms with Crippen LogP contribution in [0.5, 0.6) is 5.75 Å². The van der Waals surface area contributed by atoms with Crippen molar-refractivity contribution < 1.29 is 14.3 Å². The Balaban J connectivity index is 1.17. The third-order valence-corrected chi connectivity index (χ3v) is 5.51. The maximum absolute atomic E-state index is 12.3. The summed E-state index contributed by atoms with van der Waals surface area (Å²) >= 11 is 0. The summed E-state index contributed by atoms with van der Waals surface area (Å²) in [6.07, 6.45) is 8.44. The van der Waals surface area contributed by atoms with Gasteiger partial charge >= 0.3 is 0 Å². The van der Waals surface area contributed by atoms with E-state index in [1.54, 1.807) is 18.3 Å². The van der Waals surface area contributed by atoms with Crippen molar-refractivity contribution in [2.24, 2.45) is 5.92 Å². The van der Waals surface area contributed by atoms with Crippen LogP contribution in [0.15, 0.2) is 42.7 Å². The highest BCUT2D eigenvalue weighted by molar-refractivity contribution is 5.94. The molecule has 4 rings (SSSR count). The van der Waals surface area contributed by atoms with Crippen LogP contribution >= 0.6 is 0 Å². The van der Waals surface area contributed by atoms with E-state index in [9.17, 15) is 9.59 Å². The number of benzene rings is 1. The van der Waals surface area contributed by atoms with E-state index in [0.717, 1.165) is 57.5 Å². The minimum absolute atomic E-state index is 0.0797. The fourth-order valence-corrected chi connectivity index (χ4v) is 3.64. The number of nitrogens with zero attached hydrogens (tertiary/aromatic N) is 3. The third kappa shape index (κ3) is 5.37. The monoisotopic (exact) mass is 396 g/mol. The van der Waals surface area contributed by atoms with Crippen molar-refractivity contribution in [1.29, 1.82) is 0 Å². The van der Waals surface area contributed by atoms with Gasteiger partial charge in [-0.15, -0.1) is 0 Å². The largest absolute Gasteiger partial charge is 0.490 e. The Kier molecular flexibility index (Phi) is 6.12. The van der Waals surface area contributed by atoms with Gasteiger partial charge in [0.15, 0.2) is 0 Å². The number of hydrogen-bond acceptors (Lipinski definition) is 4. The van der Waals surface area contributed by atoms with Gasteiger partial charge in [0.2, 0.25) is 5.91 Å². The second-order valence-corrected chi connectivity index (χ2v) is 7.82. The molecule has 0 radical (unpaired) electrons. The average molecular weight is 396 g/mol. The molecule has 2 heterocycles. The summed E-state index contributed by atoms with van der Waals surface area (Å²) in [7, 11) is 0. The first-order chi connectivity index (χ1) is 14.2. The van der Waals surface area contributed by atoms with Crippen molar-refractivity contribution in [3.05, 3.63) is 48.3 Å². The fraction of sp³-hybridized carbons (Fsp3) is 0.500. The van der Waals surface area contributed by atoms with Gasteiger partial charge < -0.3 is 15.0 Å². The Morgan fingerprint density at radius 3 is 2.52 bits per heavy atom. The number of likely N-dealkylation sites (tertiary alicyclic amines) is 1. The summed E-state index contributed by atoms with van der Waals surface area (Å²) in [6, 6.07) is 9.17. The molecule has 2 aliphatic rings. The smallest absolute Gasteiger partial charge is 0.251 e. The van der Waals surface area contributed by atoms with E-state index >= 15 is 0 Å². The van der Waals surface area contributed by atoms with Crippen LogP contribution in [-0.4, -0.2) is 52.2 Å². The molecule has 0 bridgehead atoms. The lowest BCUT2D eigenvalue weighted by molar-refractivity contribution is -0.134. The van der Waals surface area contributed by atoms with Crippen molar-refractivity contribution in [2.75, 3.05) is 19.6 Å². The van der Waals surface area contributed by atoms with E-state index in [1.165, 1.54) is 0 Å². The van der Waals surface area contributed by atoms with Gasteiger partial charge in [0.1, 0.15) is 11.9 Å². The number of hydrogen-bond donors (Lipinski definition) is 1. The number of carbonyl (C=O) groups excluding carboxylic acids is 2. The van der Waals surface area contributed by atoms with Gasteiger partial charge in [0, 0.05) is 62.9 Å². The summed E-state index contributed by atoms with van der Waals surface area (Å²) in [5, 5.41) is 7.08. The summed E-state index contributed by atoms with van der Waals surface area (Å²) in [5.41, 5.74) is 0.626. The first kappa shape index (κ1) is 19.5. The van der Waals surface area contributed by atoms with E-state index in [4.69, 9.17) is 4.74 Å². The predicted molar refractivity (Wildman–Crippen MR) is 109 cm³/mol. The van der Waals surface area contributed by atoms with Crippen molar-refractivity contribution in [3.63, 3.8) is 0 Å². The molecule has 1 N–H and O–H groups in total. The van der Waals surface area contributed by atoms with E-state index < -0.39 is 0 Å². The molecule has 1 aliphatic carbocycles. The van der Waals surface area contributed by atoms with Crippen LogP contribution in [-0.2, 0) is 11.3 Å². The molecule has 7 nitrogen and oxygen atoms in total. The summed E-state index contributed by atoms with van der Waals surface area (Å²) in [6.45, 7) is 2.94. The van der Waals surface area contributed by atoms with E-state index in [2.05, 4.69) is 10.4 Å². The van der Waals surface area contributed by atoms with Crippen molar-refractivity contribution >= 4 is 11.8 Å².